The van der Waals surface area contributed by atoms with Crippen molar-refractivity contribution in [3.8, 4) is 0 Å². The van der Waals surface area contributed by atoms with Crippen molar-refractivity contribution in [2.24, 2.45) is 11.5 Å². The first-order valence-electron chi connectivity index (χ1n) is 6.19. The van der Waals surface area contributed by atoms with E-state index in [4.69, 9.17) is 11.5 Å². The van der Waals surface area contributed by atoms with E-state index in [1.54, 1.807) is 12.1 Å². The van der Waals surface area contributed by atoms with Gasteiger partial charge in [-0.1, -0.05) is 18.2 Å². The van der Waals surface area contributed by atoms with Crippen LogP contribution in [0.1, 0.15) is 22.8 Å². The second-order valence-corrected chi connectivity index (χ2v) is 5.25. The van der Waals surface area contributed by atoms with Gasteiger partial charge in [-0.2, -0.15) is 4.37 Å². The van der Waals surface area contributed by atoms with Crippen LogP contribution in [0.4, 0.5) is 4.39 Å². The summed E-state index contributed by atoms with van der Waals surface area (Å²) in [7, 11) is 0. The van der Waals surface area contributed by atoms with Crippen LogP contribution in [-0.2, 0) is 12.8 Å². The molecule has 0 radical (unpaired) electrons. The van der Waals surface area contributed by atoms with Gasteiger partial charge in [-0.25, -0.2) is 9.37 Å². The highest BCUT2D eigenvalue weighted by molar-refractivity contribution is 7.05. The van der Waals surface area contributed by atoms with Gasteiger partial charge in [-0.05, 0) is 36.1 Å². The van der Waals surface area contributed by atoms with Gasteiger partial charge < -0.3 is 11.5 Å². The fourth-order valence-corrected chi connectivity index (χ4v) is 2.55. The summed E-state index contributed by atoms with van der Waals surface area (Å²) in [6, 6.07) is 6.68. The highest BCUT2D eigenvalue weighted by Gasteiger charge is 2.10. The van der Waals surface area contributed by atoms with Crippen LogP contribution < -0.4 is 11.5 Å². The molecule has 0 aliphatic carbocycles. The zero-order valence-electron chi connectivity index (χ0n) is 10.6. The van der Waals surface area contributed by atoms with E-state index in [-0.39, 0.29) is 11.9 Å². The fourth-order valence-electron chi connectivity index (χ4n) is 1.80. The van der Waals surface area contributed by atoms with Gasteiger partial charge in [0.05, 0.1) is 0 Å². The lowest BCUT2D eigenvalue weighted by molar-refractivity contribution is 0.609. The van der Waals surface area contributed by atoms with Crippen LogP contribution in [0.5, 0.6) is 0 Å². The largest absolute Gasteiger partial charge is 0.330 e. The molecule has 1 aromatic carbocycles. The molecule has 4 N–H and O–H groups in total. The average molecular weight is 280 g/mol. The van der Waals surface area contributed by atoms with Gasteiger partial charge in [0.15, 0.2) is 0 Å². The molecule has 1 heterocycles. The van der Waals surface area contributed by atoms with Crippen molar-refractivity contribution in [3.05, 3.63) is 46.5 Å². The Kier molecular flexibility index (Phi) is 4.95. The lowest BCUT2D eigenvalue weighted by Gasteiger charge is -2.06. The monoisotopic (exact) mass is 280 g/mol. The number of aromatic nitrogens is 2. The number of nitrogens with zero attached hydrogens (tertiary/aromatic N) is 2. The number of hydrogen-bond acceptors (Lipinski definition) is 5. The summed E-state index contributed by atoms with van der Waals surface area (Å²) in [6.45, 7) is 0.571. The normalized spacial score (nSPS) is 12.6. The number of hydrogen-bond donors (Lipinski definition) is 2. The van der Waals surface area contributed by atoms with Crippen LogP contribution in [0, 0.1) is 5.82 Å². The molecule has 1 aromatic heterocycles. The first-order valence-corrected chi connectivity index (χ1v) is 6.97. The molecule has 0 saturated heterocycles. The number of rotatable bonds is 6. The van der Waals surface area contributed by atoms with Gasteiger partial charge in [0.1, 0.15) is 16.6 Å². The van der Waals surface area contributed by atoms with Crippen LogP contribution >= 0.6 is 11.5 Å². The molecule has 19 heavy (non-hydrogen) atoms. The third kappa shape index (κ3) is 4.05. The Balaban J connectivity index is 2.00. The molecule has 0 spiro atoms. The number of benzene rings is 1. The summed E-state index contributed by atoms with van der Waals surface area (Å²) < 4.78 is 17.7. The molecule has 0 aliphatic rings. The second-order valence-electron chi connectivity index (χ2n) is 4.41. The Morgan fingerprint density at radius 3 is 2.84 bits per heavy atom. The van der Waals surface area contributed by atoms with E-state index < -0.39 is 0 Å². The van der Waals surface area contributed by atoms with Crippen molar-refractivity contribution >= 4 is 11.5 Å². The summed E-state index contributed by atoms with van der Waals surface area (Å²) in [5.41, 5.74) is 12.0. The van der Waals surface area contributed by atoms with Gasteiger partial charge in [-0.15, -0.1) is 0 Å². The summed E-state index contributed by atoms with van der Waals surface area (Å²) in [6.07, 6.45) is 1.85. The summed E-state index contributed by atoms with van der Waals surface area (Å²) in [5, 5.41) is 0.882. The molecule has 102 valence electrons. The smallest absolute Gasteiger partial charge is 0.147 e. The zero-order chi connectivity index (χ0) is 13.7. The van der Waals surface area contributed by atoms with E-state index in [1.165, 1.54) is 17.6 Å². The highest BCUT2D eigenvalue weighted by atomic mass is 32.1. The van der Waals surface area contributed by atoms with Gasteiger partial charge in [-0.3, -0.25) is 0 Å². The summed E-state index contributed by atoms with van der Waals surface area (Å²) in [4.78, 5) is 4.39. The SMILES string of the molecule is NCCC(N)Cc1nc(Cc2ccccc2F)ns1. The van der Waals surface area contributed by atoms with Crippen LogP contribution in [-0.4, -0.2) is 21.9 Å². The van der Waals surface area contributed by atoms with Gasteiger partial charge in [0, 0.05) is 18.9 Å². The molecular formula is C13H17FN4S. The Bertz CT molecular complexity index is 529. The highest BCUT2D eigenvalue weighted by Crippen LogP contribution is 2.14. The maximum Gasteiger partial charge on any atom is 0.147 e. The average Bonchev–Trinajstić information content (AvgIpc) is 2.80. The Hall–Kier alpha value is -1.37. The molecule has 0 saturated carbocycles. The fraction of sp³-hybridized carbons (Fsp3) is 0.385. The molecule has 6 heteroatoms. The van der Waals surface area contributed by atoms with E-state index in [2.05, 4.69) is 9.36 Å². The predicted octanol–water partition coefficient (Wildman–Crippen LogP) is 1.49. The minimum atomic E-state index is -0.223. The van der Waals surface area contributed by atoms with E-state index in [1.807, 2.05) is 6.07 Å². The van der Waals surface area contributed by atoms with E-state index >= 15 is 0 Å². The molecule has 0 bridgehead atoms. The summed E-state index contributed by atoms with van der Waals surface area (Å²) >= 11 is 1.32. The molecule has 4 nitrogen and oxygen atoms in total. The predicted molar refractivity (Wildman–Crippen MR) is 74.5 cm³/mol. The number of nitrogens with two attached hydrogens (primary N) is 2. The molecule has 1 unspecified atom stereocenters. The molecular weight excluding hydrogens is 263 g/mol. The van der Waals surface area contributed by atoms with Crippen LogP contribution in [0.3, 0.4) is 0 Å². The summed E-state index contributed by atoms with van der Waals surface area (Å²) in [5.74, 6) is 0.420. The molecule has 2 rings (SSSR count). The Morgan fingerprint density at radius 2 is 2.11 bits per heavy atom. The Labute approximate surface area is 115 Å². The number of halogens is 1. The molecule has 2 aromatic rings. The van der Waals surface area contributed by atoms with Crippen LogP contribution in [0.2, 0.25) is 0 Å². The quantitative estimate of drug-likeness (QED) is 0.840. The van der Waals surface area contributed by atoms with Crippen molar-refractivity contribution in [1.29, 1.82) is 0 Å². The molecule has 0 aliphatic heterocycles. The maximum atomic E-state index is 13.5. The lowest BCUT2D eigenvalue weighted by atomic mass is 10.1. The first kappa shape index (κ1) is 14.0. The molecule has 0 amide bonds. The van der Waals surface area contributed by atoms with E-state index in [0.29, 0.717) is 30.8 Å². The topological polar surface area (TPSA) is 77.8 Å². The third-order valence-electron chi connectivity index (χ3n) is 2.79. The van der Waals surface area contributed by atoms with Crippen LogP contribution in [0.15, 0.2) is 24.3 Å². The van der Waals surface area contributed by atoms with E-state index in [0.717, 1.165) is 11.4 Å². The van der Waals surface area contributed by atoms with Gasteiger partial charge in [0.2, 0.25) is 0 Å². The minimum Gasteiger partial charge on any atom is -0.330 e. The van der Waals surface area contributed by atoms with Crippen molar-refractivity contribution in [2.45, 2.75) is 25.3 Å². The van der Waals surface area contributed by atoms with Crippen molar-refractivity contribution < 1.29 is 4.39 Å². The molecule has 1 atom stereocenters. The van der Waals surface area contributed by atoms with Gasteiger partial charge >= 0.3 is 0 Å². The third-order valence-corrected chi connectivity index (χ3v) is 3.56. The zero-order valence-corrected chi connectivity index (χ0v) is 11.4. The van der Waals surface area contributed by atoms with E-state index in [9.17, 15) is 4.39 Å². The standard InChI is InChI=1S/C13H17FN4S/c14-11-4-2-1-3-9(11)7-12-17-13(19-18-12)8-10(16)5-6-15/h1-4,10H,5-8,15-16H2. The minimum absolute atomic E-state index is 0.0132. The van der Waals surface area contributed by atoms with Gasteiger partial charge in [0.25, 0.3) is 0 Å². The maximum absolute atomic E-state index is 13.5. The van der Waals surface area contributed by atoms with Crippen molar-refractivity contribution in [1.82, 2.24) is 9.36 Å². The van der Waals surface area contributed by atoms with Crippen LogP contribution in [0.25, 0.3) is 0 Å². The lowest BCUT2D eigenvalue weighted by Crippen LogP contribution is -2.25. The van der Waals surface area contributed by atoms with Crippen molar-refractivity contribution in [2.75, 3.05) is 6.54 Å². The van der Waals surface area contributed by atoms with Crippen molar-refractivity contribution in [3.63, 3.8) is 0 Å². The molecule has 0 fully saturated rings. The second kappa shape index (κ2) is 6.70. The Morgan fingerprint density at radius 1 is 1.32 bits per heavy atom. The first-order chi connectivity index (χ1) is 9.19.